The Bertz CT molecular complexity index is 487. The lowest BCUT2D eigenvalue weighted by Gasteiger charge is -2.08. The predicted octanol–water partition coefficient (Wildman–Crippen LogP) is 2.68. The summed E-state index contributed by atoms with van der Waals surface area (Å²) in [5.74, 6) is 0. The molecular weight excluding hydrogens is 224 g/mol. The van der Waals surface area contributed by atoms with E-state index in [1.54, 1.807) is 6.20 Å². The molecule has 1 heterocycles. The number of hydrogen-bond donors (Lipinski definition) is 2. The van der Waals surface area contributed by atoms with E-state index in [1.807, 2.05) is 24.3 Å². The van der Waals surface area contributed by atoms with Crippen LogP contribution in [0, 0.1) is 0 Å². The van der Waals surface area contributed by atoms with E-state index in [9.17, 15) is 0 Å². The number of aliphatic hydroxyl groups is 1. The van der Waals surface area contributed by atoms with Crippen LogP contribution in [0.5, 0.6) is 0 Å². The number of hydrogen-bond acceptors (Lipinski definition) is 3. The summed E-state index contributed by atoms with van der Waals surface area (Å²) in [4.78, 5) is 4.26. The van der Waals surface area contributed by atoms with Gasteiger partial charge in [0, 0.05) is 35.4 Å². The Hall–Kier alpha value is -1.32. The largest absolute Gasteiger partial charge is 0.396 e. The molecule has 1 aromatic heterocycles. The highest BCUT2D eigenvalue weighted by molar-refractivity contribution is 6.31. The van der Waals surface area contributed by atoms with E-state index >= 15 is 0 Å². The summed E-state index contributed by atoms with van der Waals surface area (Å²) in [6.45, 7) is 0.945. The number of aromatic nitrogens is 1. The highest BCUT2D eigenvalue weighted by Gasteiger charge is 2.01. The van der Waals surface area contributed by atoms with Gasteiger partial charge in [-0.25, -0.2) is 0 Å². The Balaban J connectivity index is 2.30. The first-order valence-electron chi connectivity index (χ1n) is 5.20. The van der Waals surface area contributed by atoms with Gasteiger partial charge in [0.05, 0.1) is 5.52 Å². The summed E-state index contributed by atoms with van der Waals surface area (Å²) >= 11 is 5.90. The molecule has 3 nitrogen and oxygen atoms in total. The Labute approximate surface area is 99.1 Å². The van der Waals surface area contributed by atoms with Gasteiger partial charge in [-0.15, -0.1) is 0 Å². The first kappa shape index (κ1) is 11.2. The van der Waals surface area contributed by atoms with Crippen LogP contribution in [0.1, 0.15) is 6.42 Å². The molecule has 0 spiro atoms. The Kier molecular flexibility index (Phi) is 3.59. The van der Waals surface area contributed by atoms with Crippen LogP contribution in [0.15, 0.2) is 30.5 Å². The van der Waals surface area contributed by atoms with Crippen molar-refractivity contribution >= 4 is 28.2 Å². The van der Waals surface area contributed by atoms with Gasteiger partial charge in [0.15, 0.2) is 0 Å². The highest BCUT2D eigenvalue weighted by atomic mass is 35.5. The topological polar surface area (TPSA) is 45.1 Å². The van der Waals surface area contributed by atoms with Gasteiger partial charge in [-0.1, -0.05) is 11.6 Å². The molecule has 0 unspecified atom stereocenters. The fourth-order valence-electron chi connectivity index (χ4n) is 1.58. The molecule has 0 atom stereocenters. The molecule has 2 aromatic rings. The maximum Gasteiger partial charge on any atom is 0.0737 e. The third-order valence-corrected chi connectivity index (χ3v) is 2.59. The molecule has 0 aliphatic heterocycles. The maximum absolute atomic E-state index is 8.72. The van der Waals surface area contributed by atoms with Gasteiger partial charge in [0.2, 0.25) is 0 Å². The summed E-state index contributed by atoms with van der Waals surface area (Å²) in [6, 6.07) is 7.57. The zero-order chi connectivity index (χ0) is 11.4. The minimum atomic E-state index is 0.196. The summed E-state index contributed by atoms with van der Waals surface area (Å²) in [7, 11) is 0. The van der Waals surface area contributed by atoms with E-state index in [2.05, 4.69) is 10.3 Å². The van der Waals surface area contributed by atoms with E-state index in [-0.39, 0.29) is 6.61 Å². The normalized spacial score (nSPS) is 10.6. The van der Waals surface area contributed by atoms with Crippen molar-refractivity contribution in [2.24, 2.45) is 0 Å². The SMILES string of the molecule is OCCCNc1ccnc2cc(Cl)ccc12. The second-order valence-electron chi connectivity index (χ2n) is 3.52. The zero-order valence-electron chi connectivity index (χ0n) is 8.78. The van der Waals surface area contributed by atoms with Crippen molar-refractivity contribution in [3.63, 3.8) is 0 Å². The minimum Gasteiger partial charge on any atom is -0.396 e. The maximum atomic E-state index is 8.72. The molecule has 0 saturated heterocycles. The van der Waals surface area contributed by atoms with E-state index in [0.29, 0.717) is 5.02 Å². The zero-order valence-corrected chi connectivity index (χ0v) is 9.54. The van der Waals surface area contributed by atoms with Crippen molar-refractivity contribution in [1.29, 1.82) is 0 Å². The molecule has 0 aliphatic carbocycles. The van der Waals surface area contributed by atoms with Gasteiger partial charge in [0.25, 0.3) is 0 Å². The Morgan fingerprint density at radius 3 is 3.00 bits per heavy atom. The number of nitrogens with one attached hydrogen (secondary N) is 1. The number of fused-ring (bicyclic) bond motifs is 1. The summed E-state index contributed by atoms with van der Waals surface area (Å²) in [6.07, 6.45) is 2.48. The summed E-state index contributed by atoms with van der Waals surface area (Å²) in [5, 5.41) is 13.7. The number of anilines is 1. The molecule has 1 aromatic carbocycles. The van der Waals surface area contributed by atoms with Gasteiger partial charge in [0.1, 0.15) is 0 Å². The van der Waals surface area contributed by atoms with Crippen LogP contribution < -0.4 is 5.32 Å². The Morgan fingerprint density at radius 1 is 1.31 bits per heavy atom. The van der Waals surface area contributed by atoms with Gasteiger partial charge in [-0.3, -0.25) is 4.98 Å². The first-order chi connectivity index (χ1) is 7.81. The third-order valence-electron chi connectivity index (χ3n) is 2.36. The van der Waals surface area contributed by atoms with Crippen molar-refractivity contribution in [3.05, 3.63) is 35.5 Å². The molecule has 0 saturated carbocycles. The summed E-state index contributed by atoms with van der Waals surface area (Å²) in [5.41, 5.74) is 1.90. The predicted molar refractivity (Wildman–Crippen MR) is 66.9 cm³/mol. The average molecular weight is 237 g/mol. The van der Waals surface area contributed by atoms with Gasteiger partial charge in [-0.2, -0.15) is 0 Å². The standard InChI is InChI=1S/C12H13ClN2O/c13-9-2-3-10-11(14-5-1-7-16)4-6-15-12(10)8-9/h2-4,6,8,16H,1,5,7H2,(H,14,15). The van der Waals surface area contributed by atoms with Crippen LogP contribution in [0.4, 0.5) is 5.69 Å². The van der Waals surface area contributed by atoms with Crippen LogP contribution in [-0.2, 0) is 0 Å². The van der Waals surface area contributed by atoms with Crippen molar-refractivity contribution in [2.75, 3.05) is 18.5 Å². The smallest absolute Gasteiger partial charge is 0.0737 e. The lowest BCUT2D eigenvalue weighted by Crippen LogP contribution is -2.03. The highest BCUT2D eigenvalue weighted by Crippen LogP contribution is 2.24. The average Bonchev–Trinajstić information content (AvgIpc) is 2.29. The molecule has 2 rings (SSSR count). The van der Waals surface area contributed by atoms with E-state index in [1.165, 1.54) is 0 Å². The number of rotatable bonds is 4. The molecule has 0 amide bonds. The molecule has 0 fully saturated rings. The second kappa shape index (κ2) is 5.14. The molecule has 0 aliphatic rings. The fraction of sp³-hybridized carbons (Fsp3) is 0.250. The van der Waals surface area contributed by atoms with Gasteiger partial charge >= 0.3 is 0 Å². The molecule has 4 heteroatoms. The monoisotopic (exact) mass is 236 g/mol. The first-order valence-corrected chi connectivity index (χ1v) is 5.58. The van der Waals surface area contributed by atoms with E-state index < -0.39 is 0 Å². The molecule has 84 valence electrons. The molecular formula is C12H13ClN2O. The molecule has 16 heavy (non-hydrogen) atoms. The fourth-order valence-corrected chi connectivity index (χ4v) is 1.74. The number of nitrogens with zero attached hydrogens (tertiary/aromatic N) is 1. The van der Waals surface area contributed by atoms with Crippen molar-refractivity contribution in [2.45, 2.75) is 6.42 Å². The van der Waals surface area contributed by atoms with Crippen LogP contribution in [0.3, 0.4) is 0 Å². The molecule has 2 N–H and O–H groups in total. The number of pyridine rings is 1. The van der Waals surface area contributed by atoms with E-state index in [0.717, 1.165) is 29.6 Å². The van der Waals surface area contributed by atoms with Crippen molar-refractivity contribution < 1.29 is 5.11 Å². The second-order valence-corrected chi connectivity index (χ2v) is 3.96. The number of aliphatic hydroxyl groups excluding tert-OH is 1. The number of benzene rings is 1. The summed E-state index contributed by atoms with van der Waals surface area (Å²) < 4.78 is 0. The van der Waals surface area contributed by atoms with Gasteiger partial charge in [-0.05, 0) is 30.7 Å². The van der Waals surface area contributed by atoms with Crippen molar-refractivity contribution in [3.8, 4) is 0 Å². The molecule has 0 radical (unpaired) electrons. The number of halogens is 1. The van der Waals surface area contributed by atoms with Crippen LogP contribution in [0.2, 0.25) is 5.02 Å². The van der Waals surface area contributed by atoms with Crippen molar-refractivity contribution in [1.82, 2.24) is 4.98 Å². The van der Waals surface area contributed by atoms with Gasteiger partial charge < -0.3 is 10.4 Å². The van der Waals surface area contributed by atoms with Crippen LogP contribution in [0.25, 0.3) is 10.9 Å². The molecule has 0 bridgehead atoms. The van der Waals surface area contributed by atoms with Crippen LogP contribution in [-0.4, -0.2) is 23.2 Å². The van der Waals surface area contributed by atoms with Crippen LogP contribution >= 0.6 is 11.6 Å². The quantitative estimate of drug-likeness (QED) is 0.803. The van der Waals surface area contributed by atoms with E-state index in [4.69, 9.17) is 16.7 Å². The third kappa shape index (κ3) is 2.43. The Morgan fingerprint density at radius 2 is 2.19 bits per heavy atom. The lowest BCUT2D eigenvalue weighted by molar-refractivity contribution is 0.292. The minimum absolute atomic E-state index is 0.196. The lowest BCUT2D eigenvalue weighted by atomic mass is 10.2.